The summed E-state index contributed by atoms with van der Waals surface area (Å²) in [6.07, 6.45) is 6.96. The molecule has 7 nitrogen and oxygen atoms in total. The van der Waals surface area contributed by atoms with Crippen molar-refractivity contribution in [3.8, 4) is 11.1 Å². The predicted molar refractivity (Wildman–Crippen MR) is 148 cm³/mol. The molecule has 2 heterocycles. The van der Waals surface area contributed by atoms with Gasteiger partial charge in [0.25, 0.3) is 5.91 Å². The number of carbonyl (C=O) groups is 2. The molecule has 0 fully saturated rings. The van der Waals surface area contributed by atoms with E-state index in [4.69, 9.17) is 5.73 Å². The lowest BCUT2D eigenvalue weighted by Crippen LogP contribution is -2.42. The van der Waals surface area contributed by atoms with Gasteiger partial charge in [0.2, 0.25) is 0 Å². The van der Waals surface area contributed by atoms with Crippen LogP contribution in [0.3, 0.4) is 0 Å². The van der Waals surface area contributed by atoms with Gasteiger partial charge in [0.1, 0.15) is 12.1 Å². The van der Waals surface area contributed by atoms with Crippen molar-refractivity contribution in [2.24, 2.45) is 0 Å². The van der Waals surface area contributed by atoms with Crippen molar-refractivity contribution in [3.05, 3.63) is 120 Å². The average molecular weight is 538 g/mol. The number of fused-ring (bicyclic) bond motifs is 1. The molecule has 0 saturated heterocycles. The topological polar surface area (TPSA) is 111 Å². The minimum atomic E-state index is -1.01. The van der Waals surface area contributed by atoms with E-state index >= 15 is 0 Å². The smallest absolute Gasteiger partial charge is 0.251 e. The van der Waals surface area contributed by atoms with E-state index in [0.717, 1.165) is 39.6 Å². The van der Waals surface area contributed by atoms with Crippen molar-refractivity contribution < 1.29 is 18.4 Å². The molecule has 3 N–H and O–H groups in total. The van der Waals surface area contributed by atoms with E-state index < -0.39 is 23.6 Å². The molecule has 0 saturated carbocycles. The molecule has 0 unspecified atom stereocenters. The zero-order chi connectivity index (χ0) is 28.1. The number of benzene rings is 3. The molecular weight excluding hydrogens is 512 g/mol. The average Bonchev–Trinajstić information content (AvgIpc) is 2.98. The number of pyridine rings is 1. The van der Waals surface area contributed by atoms with Gasteiger partial charge in [-0.2, -0.15) is 0 Å². The maximum absolute atomic E-state index is 13.9. The van der Waals surface area contributed by atoms with Gasteiger partial charge in [-0.25, -0.2) is 23.7 Å². The molecule has 0 aliphatic heterocycles. The third-order valence-electron chi connectivity index (χ3n) is 6.68. The van der Waals surface area contributed by atoms with Gasteiger partial charge >= 0.3 is 0 Å². The number of hydrogen-bond acceptors (Lipinski definition) is 6. The van der Waals surface area contributed by atoms with Crippen molar-refractivity contribution in [1.29, 1.82) is 0 Å². The lowest BCUT2D eigenvalue weighted by Gasteiger charge is -2.18. The summed E-state index contributed by atoms with van der Waals surface area (Å²) in [6.45, 7) is 0. The van der Waals surface area contributed by atoms with Crippen molar-refractivity contribution in [3.63, 3.8) is 0 Å². The molecule has 1 atom stereocenters. The Morgan fingerprint density at radius 1 is 0.850 bits per heavy atom. The Morgan fingerprint density at radius 3 is 2.35 bits per heavy atom. The van der Waals surface area contributed by atoms with Crippen molar-refractivity contribution >= 4 is 28.3 Å². The molecule has 5 rings (SSSR count). The molecule has 9 heteroatoms. The molecule has 1 amide bonds. The Morgan fingerprint density at radius 2 is 1.60 bits per heavy atom. The Hall–Kier alpha value is -5.05. The van der Waals surface area contributed by atoms with Crippen LogP contribution in [0.1, 0.15) is 27.9 Å². The van der Waals surface area contributed by atoms with Crippen LogP contribution in [-0.2, 0) is 17.6 Å². The second-order valence-electron chi connectivity index (χ2n) is 9.40. The third kappa shape index (κ3) is 6.15. The third-order valence-corrected chi connectivity index (χ3v) is 6.68. The van der Waals surface area contributed by atoms with Gasteiger partial charge < -0.3 is 11.1 Å². The molecule has 0 radical (unpaired) electrons. The van der Waals surface area contributed by atoms with Crippen LogP contribution < -0.4 is 11.1 Å². The number of nitrogens with zero attached hydrogens (tertiary/aromatic N) is 3. The summed E-state index contributed by atoms with van der Waals surface area (Å²) in [5, 5.41) is 4.53. The van der Waals surface area contributed by atoms with Gasteiger partial charge in [-0.05, 0) is 65.3 Å². The van der Waals surface area contributed by atoms with Crippen molar-refractivity contribution in [2.45, 2.75) is 25.3 Å². The van der Waals surface area contributed by atoms with Gasteiger partial charge in [0, 0.05) is 41.5 Å². The van der Waals surface area contributed by atoms with Crippen LogP contribution in [0.5, 0.6) is 0 Å². The maximum atomic E-state index is 13.9. The quantitative estimate of drug-likeness (QED) is 0.271. The number of amides is 1. The number of nitrogen functional groups attached to an aromatic ring is 1. The fourth-order valence-corrected chi connectivity index (χ4v) is 4.50. The lowest BCUT2D eigenvalue weighted by molar-refractivity contribution is -0.120. The summed E-state index contributed by atoms with van der Waals surface area (Å²) in [4.78, 5) is 38.6. The van der Waals surface area contributed by atoms with Crippen LogP contribution in [-0.4, -0.2) is 32.7 Å². The highest BCUT2D eigenvalue weighted by atomic mass is 19.2. The molecule has 40 heavy (non-hydrogen) atoms. The first-order chi connectivity index (χ1) is 19.4. The lowest BCUT2D eigenvalue weighted by atomic mass is 9.96. The van der Waals surface area contributed by atoms with E-state index in [2.05, 4.69) is 20.3 Å². The molecule has 0 aliphatic rings. The number of aryl methyl sites for hydroxylation is 1. The molecule has 2 aromatic heterocycles. The van der Waals surface area contributed by atoms with Gasteiger partial charge in [-0.15, -0.1) is 0 Å². The number of nitrogens with one attached hydrogen (secondary N) is 1. The van der Waals surface area contributed by atoms with E-state index in [-0.39, 0.29) is 18.6 Å². The number of carbonyl (C=O) groups excluding carboxylic acids is 2. The summed E-state index contributed by atoms with van der Waals surface area (Å²) in [7, 11) is 0. The Bertz CT molecular complexity index is 1680. The van der Waals surface area contributed by atoms with Crippen molar-refractivity contribution in [1.82, 2.24) is 20.3 Å². The van der Waals surface area contributed by atoms with E-state index in [1.165, 1.54) is 12.4 Å². The first-order valence-electron chi connectivity index (χ1n) is 12.6. The van der Waals surface area contributed by atoms with Crippen LogP contribution in [0.25, 0.3) is 21.9 Å². The number of rotatable bonds is 9. The van der Waals surface area contributed by atoms with Crippen LogP contribution in [0.15, 0.2) is 91.6 Å². The number of halogens is 2. The Balaban J connectivity index is 1.32. The zero-order valence-electron chi connectivity index (χ0n) is 21.4. The normalized spacial score (nSPS) is 11.8. The maximum Gasteiger partial charge on any atom is 0.251 e. The summed E-state index contributed by atoms with van der Waals surface area (Å²) in [5.74, 6) is -2.25. The van der Waals surface area contributed by atoms with E-state index in [9.17, 15) is 18.4 Å². The highest BCUT2D eigenvalue weighted by molar-refractivity contribution is 5.98. The molecule has 0 aliphatic carbocycles. The standard InChI is InChI=1S/C31H25F2N5O2/c32-26-9-2-20(14-27(26)33)15-28(29(39)10-3-19-1-8-25-23(13-19)11-12-37-30(25)34)38-31(40)22-6-4-21(5-7-22)24-16-35-18-36-17-24/h1-2,4-9,11-14,16-18,28H,3,10,15H2,(H2,34,37)(H,38,40)/t28-/m0/s1. The highest BCUT2D eigenvalue weighted by Gasteiger charge is 2.22. The van der Waals surface area contributed by atoms with Gasteiger partial charge in [-0.3, -0.25) is 9.59 Å². The monoisotopic (exact) mass is 537 g/mol. The highest BCUT2D eigenvalue weighted by Crippen LogP contribution is 2.22. The molecule has 3 aromatic carbocycles. The largest absolute Gasteiger partial charge is 0.383 e. The second-order valence-corrected chi connectivity index (χ2v) is 9.40. The minimum absolute atomic E-state index is 0.0150. The van der Waals surface area contributed by atoms with Gasteiger partial charge in [0.05, 0.1) is 6.04 Å². The molecular formula is C31H25F2N5O2. The molecule has 0 spiro atoms. The Labute approximate surface area is 229 Å². The number of anilines is 1. The second kappa shape index (κ2) is 11.8. The number of Topliss-reactive ketones (excluding diaryl/α,β-unsaturated/α-hetero) is 1. The first kappa shape index (κ1) is 26.6. The van der Waals surface area contributed by atoms with E-state index in [1.54, 1.807) is 42.9 Å². The van der Waals surface area contributed by atoms with E-state index in [1.807, 2.05) is 24.3 Å². The SMILES string of the molecule is Nc1nccc2cc(CCC(=O)[C@H](Cc3ccc(F)c(F)c3)NC(=O)c3ccc(-c4cncnc4)cc3)ccc12. The van der Waals surface area contributed by atoms with Gasteiger partial charge in [0.15, 0.2) is 17.4 Å². The van der Waals surface area contributed by atoms with Crippen molar-refractivity contribution in [2.75, 3.05) is 5.73 Å². The fraction of sp³-hybridized carbons (Fsp3) is 0.129. The van der Waals surface area contributed by atoms with Gasteiger partial charge in [-0.1, -0.05) is 36.4 Å². The Kier molecular flexibility index (Phi) is 7.82. The summed E-state index contributed by atoms with van der Waals surface area (Å²) < 4.78 is 27.4. The number of ketones is 1. The number of aromatic nitrogens is 3. The minimum Gasteiger partial charge on any atom is -0.383 e. The molecule has 0 bridgehead atoms. The van der Waals surface area contributed by atoms with E-state index in [0.29, 0.717) is 23.4 Å². The fourth-order valence-electron chi connectivity index (χ4n) is 4.50. The van der Waals surface area contributed by atoms with Crippen LogP contribution in [0, 0.1) is 11.6 Å². The summed E-state index contributed by atoms with van der Waals surface area (Å²) in [6, 6.07) is 16.9. The number of nitrogens with two attached hydrogens (primary N) is 1. The van der Waals surface area contributed by atoms with Crippen LogP contribution >= 0.6 is 0 Å². The number of hydrogen-bond donors (Lipinski definition) is 2. The molecule has 200 valence electrons. The zero-order valence-corrected chi connectivity index (χ0v) is 21.4. The first-order valence-corrected chi connectivity index (χ1v) is 12.6. The molecule has 5 aromatic rings. The predicted octanol–water partition coefficient (Wildman–Crippen LogP) is 5.10. The summed E-state index contributed by atoms with van der Waals surface area (Å²) in [5.41, 5.74) is 9.23. The van der Waals surface area contributed by atoms with Crippen LogP contribution in [0.2, 0.25) is 0 Å². The van der Waals surface area contributed by atoms with Crippen LogP contribution in [0.4, 0.5) is 14.6 Å². The summed E-state index contributed by atoms with van der Waals surface area (Å²) >= 11 is 0.